The van der Waals surface area contributed by atoms with Crippen LogP contribution in [0.2, 0.25) is 0 Å². The van der Waals surface area contributed by atoms with Crippen LogP contribution in [0.4, 0.5) is 0 Å². The monoisotopic (exact) mass is 355 g/mol. The number of rotatable bonds is 4. The second-order valence-corrected chi connectivity index (χ2v) is 9.11. The predicted molar refractivity (Wildman–Crippen MR) is 99.6 cm³/mol. The minimum absolute atomic E-state index is 0.0565. The first-order chi connectivity index (χ1) is 12.4. The summed E-state index contributed by atoms with van der Waals surface area (Å²) in [6.07, 6.45) is 6.51. The second kappa shape index (κ2) is 6.11. The van der Waals surface area contributed by atoms with Crippen molar-refractivity contribution < 1.29 is 14.3 Å². The summed E-state index contributed by atoms with van der Waals surface area (Å²) < 4.78 is 4.78. The van der Waals surface area contributed by atoms with Crippen LogP contribution in [0.5, 0.6) is 0 Å². The van der Waals surface area contributed by atoms with E-state index in [1.165, 1.54) is 37.5 Å². The van der Waals surface area contributed by atoms with Gasteiger partial charge in [0.1, 0.15) is 6.04 Å². The van der Waals surface area contributed by atoms with Gasteiger partial charge in [-0.1, -0.05) is 29.8 Å². The second-order valence-electron chi connectivity index (χ2n) is 9.11. The van der Waals surface area contributed by atoms with Gasteiger partial charge in [-0.05, 0) is 75.2 Å². The number of benzene rings is 1. The van der Waals surface area contributed by atoms with E-state index < -0.39 is 6.04 Å². The third-order valence-electron chi connectivity index (χ3n) is 7.11. The maximum Gasteiger partial charge on any atom is 0.328 e. The first kappa shape index (κ1) is 17.6. The molecule has 0 radical (unpaired) electrons. The summed E-state index contributed by atoms with van der Waals surface area (Å²) in [6, 6.07) is 8.34. The fourth-order valence-corrected chi connectivity index (χ4v) is 6.36. The molecule has 0 heterocycles. The first-order valence-corrected chi connectivity index (χ1v) is 9.82. The molecule has 26 heavy (non-hydrogen) atoms. The Kier molecular flexibility index (Phi) is 4.13. The standard InChI is InChI=1S/C22H29NO3/c1-14-4-6-18(7-5-14)21-9-16-8-17(10-21)12-22(11-16,13-21)20(25)23-15(2)19(24)26-3/h4-7,15-17H,8-13H2,1-3H3,(H,23,25)/t15-,16+,17+,21?,22?/m0/s1. The number of carbonyl (C=O) groups excluding carboxylic acids is 2. The smallest absolute Gasteiger partial charge is 0.328 e. The molecule has 1 aromatic rings. The number of ether oxygens (including phenoxy) is 1. The summed E-state index contributed by atoms with van der Waals surface area (Å²) in [5, 5.41) is 2.95. The molecular formula is C22H29NO3. The molecule has 4 saturated carbocycles. The normalized spacial score (nSPS) is 35.8. The predicted octanol–water partition coefficient (Wildman–Crippen LogP) is 3.51. The number of hydrogen-bond acceptors (Lipinski definition) is 3. The Morgan fingerprint density at radius 1 is 1.12 bits per heavy atom. The van der Waals surface area contributed by atoms with Crippen molar-refractivity contribution in [2.45, 2.75) is 63.8 Å². The molecule has 0 saturated heterocycles. The molecule has 4 heteroatoms. The number of aryl methyl sites for hydroxylation is 1. The SMILES string of the molecule is COC(=O)[C@H](C)NC(=O)C12C[C@@H]3C[C@@H](C1)CC(c1ccc(C)cc1)(C3)C2. The fourth-order valence-electron chi connectivity index (χ4n) is 6.36. The highest BCUT2D eigenvalue weighted by Crippen LogP contribution is 2.65. The zero-order chi connectivity index (χ0) is 18.5. The summed E-state index contributed by atoms with van der Waals surface area (Å²) in [4.78, 5) is 25.0. The van der Waals surface area contributed by atoms with Gasteiger partial charge in [0, 0.05) is 0 Å². The van der Waals surface area contributed by atoms with E-state index in [9.17, 15) is 9.59 Å². The molecular weight excluding hydrogens is 326 g/mol. The van der Waals surface area contributed by atoms with Crippen LogP contribution in [-0.2, 0) is 19.7 Å². The van der Waals surface area contributed by atoms with E-state index in [-0.39, 0.29) is 22.7 Å². The number of carbonyl (C=O) groups is 2. The van der Waals surface area contributed by atoms with Gasteiger partial charge in [0.2, 0.25) is 5.91 Å². The van der Waals surface area contributed by atoms with Crippen molar-refractivity contribution in [2.24, 2.45) is 17.3 Å². The highest BCUT2D eigenvalue weighted by molar-refractivity contribution is 5.88. The summed E-state index contributed by atoms with van der Waals surface area (Å²) in [7, 11) is 1.36. The molecule has 4 aliphatic carbocycles. The summed E-state index contributed by atoms with van der Waals surface area (Å²) in [5.41, 5.74) is 2.48. The van der Waals surface area contributed by atoms with Crippen molar-refractivity contribution in [3.63, 3.8) is 0 Å². The molecule has 1 N–H and O–H groups in total. The summed E-state index contributed by atoms with van der Waals surface area (Å²) >= 11 is 0. The lowest BCUT2D eigenvalue weighted by Gasteiger charge is -2.61. The van der Waals surface area contributed by atoms with Gasteiger partial charge < -0.3 is 10.1 Å². The molecule has 4 nitrogen and oxygen atoms in total. The Labute approximate surface area is 155 Å². The van der Waals surface area contributed by atoms with Gasteiger partial charge in [0.15, 0.2) is 0 Å². The molecule has 0 aliphatic heterocycles. The lowest BCUT2D eigenvalue weighted by Crippen LogP contribution is -2.60. The van der Waals surface area contributed by atoms with E-state index in [1.807, 2.05) is 0 Å². The molecule has 1 aromatic carbocycles. The molecule has 140 valence electrons. The minimum Gasteiger partial charge on any atom is -0.467 e. The van der Waals surface area contributed by atoms with Crippen molar-refractivity contribution in [3.8, 4) is 0 Å². The molecule has 0 spiro atoms. The Hall–Kier alpha value is -1.84. The summed E-state index contributed by atoms with van der Waals surface area (Å²) in [6.45, 7) is 3.83. The summed E-state index contributed by atoms with van der Waals surface area (Å²) in [5.74, 6) is 0.922. The van der Waals surface area contributed by atoms with Crippen molar-refractivity contribution in [2.75, 3.05) is 7.11 Å². The van der Waals surface area contributed by atoms with Crippen LogP contribution in [0.15, 0.2) is 24.3 Å². The van der Waals surface area contributed by atoms with Crippen molar-refractivity contribution in [3.05, 3.63) is 35.4 Å². The van der Waals surface area contributed by atoms with Crippen LogP contribution < -0.4 is 5.32 Å². The Morgan fingerprint density at radius 2 is 1.73 bits per heavy atom. The quantitative estimate of drug-likeness (QED) is 0.841. The van der Waals surface area contributed by atoms with E-state index in [1.54, 1.807) is 6.92 Å². The molecule has 5 rings (SSSR count). The number of hydrogen-bond donors (Lipinski definition) is 1. The zero-order valence-corrected chi connectivity index (χ0v) is 16.0. The molecule has 0 aromatic heterocycles. The van der Waals surface area contributed by atoms with Crippen LogP contribution >= 0.6 is 0 Å². The third-order valence-corrected chi connectivity index (χ3v) is 7.11. The van der Waals surface area contributed by atoms with E-state index in [0.29, 0.717) is 11.8 Å². The van der Waals surface area contributed by atoms with Gasteiger partial charge in [0.05, 0.1) is 12.5 Å². The van der Waals surface area contributed by atoms with Gasteiger partial charge in [-0.3, -0.25) is 4.79 Å². The lowest BCUT2D eigenvalue weighted by atomic mass is 9.42. The third kappa shape index (κ3) is 2.74. The topological polar surface area (TPSA) is 55.4 Å². The zero-order valence-electron chi connectivity index (χ0n) is 16.0. The highest BCUT2D eigenvalue weighted by atomic mass is 16.5. The number of amides is 1. The maximum atomic E-state index is 13.2. The van der Waals surface area contributed by atoms with Gasteiger partial charge >= 0.3 is 5.97 Å². The minimum atomic E-state index is -0.587. The van der Waals surface area contributed by atoms with E-state index >= 15 is 0 Å². The number of esters is 1. The van der Waals surface area contributed by atoms with Crippen LogP contribution in [0.3, 0.4) is 0 Å². The Balaban J connectivity index is 1.63. The Morgan fingerprint density at radius 3 is 2.31 bits per heavy atom. The molecule has 4 aliphatic rings. The van der Waals surface area contributed by atoms with E-state index in [0.717, 1.165) is 19.3 Å². The first-order valence-electron chi connectivity index (χ1n) is 9.82. The molecule has 4 fully saturated rings. The van der Waals surface area contributed by atoms with Crippen molar-refractivity contribution in [1.82, 2.24) is 5.32 Å². The largest absolute Gasteiger partial charge is 0.467 e. The number of nitrogens with one attached hydrogen (secondary N) is 1. The maximum absolute atomic E-state index is 13.2. The molecule has 4 bridgehead atoms. The fraction of sp³-hybridized carbons (Fsp3) is 0.636. The lowest BCUT2D eigenvalue weighted by molar-refractivity contribution is -0.154. The van der Waals surface area contributed by atoms with Crippen LogP contribution in [0.1, 0.15) is 56.6 Å². The van der Waals surface area contributed by atoms with Crippen molar-refractivity contribution in [1.29, 1.82) is 0 Å². The molecule has 0 unspecified atom stereocenters. The Bertz CT molecular complexity index is 709. The van der Waals surface area contributed by atoms with Crippen LogP contribution in [0.25, 0.3) is 0 Å². The van der Waals surface area contributed by atoms with Gasteiger partial charge in [-0.25, -0.2) is 4.79 Å². The average molecular weight is 355 g/mol. The van der Waals surface area contributed by atoms with Crippen LogP contribution in [0, 0.1) is 24.2 Å². The molecule has 1 amide bonds. The average Bonchev–Trinajstić information content (AvgIpc) is 2.60. The number of methoxy groups -OCH3 is 1. The van der Waals surface area contributed by atoms with E-state index in [2.05, 4.69) is 36.5 Å². The molecule has 3 atom stereocenters. The van der Waals surface area contributed by atoms with Gasteiger partial charge in [-0.2, -0.15) is 0 Å². The van der Waals surface area contributed by atoms with E-state index in [4.69, 9.17) is 4.74 Å². The van der Waals surface area contributed by atoms with Gasteiger partial charge in [-0.15, -0.1) is 0 Å². The highest BCUT2D eigenvalue weighted by Gasteiger charge is 2.61. The van der Waals surface area contributed by atoms with Crippen molar-refractivity contribution >= 4 is 11.9 Å². The van der Waals surface area contributed by atoms with Crippen LogP contribution in [-0.4, -0.2) is 25.0 Å². The van der Waals surface area contributed by atoms with Gasteiger partial charge in [0.25, 0.3) is 0 Å².